The lowest BCUT2D eigenvalue weighted by atomic mass is 9.96. The fourth-order valence-electron chi connectivity index (χ4n) is 7.71. The zero-order valence-electron chi connectivity index (χ0n) is 29.6. The zero-order chi connectivity index (χ0) is 36.3. The predicted octanol–water partition coefficient (Wildman–Crippen LogP) is 14.8. The molecule has 9 aromatic carbocycles. The SMILES string of the molecule is c1ccc(-c2nc3ccc(N(c4ccc5c(ccc6cc(-c7ccc8ccccc8c7)ccc65)c4)c4ccc5nc(-c6ccccc6)sc5c4)cc3s2)cc1. The van der Waals surface area contributed by atoms with Crippen molar-refractivity contribution in [3.05, 3.63) is 188 Å². The average molecular weight is 738 g/mol. The molecule has 0 fully saturated rings. The van der Waals surface area contributed by atoms with E-state index in [2.05, 4.69) is 181 Å². The topological polar surface area (TPSA) is 29.0 Å². The highest BCUT2D eigenvalue weighted by atomic mass is 32.1. The van der Waals surface area contributed by atoms with Gasteiger partial charge in [-0.25, -0.2) is 9.97 Å². The summed E-state index contributed by atoms with van der Waals surface area (Å²) in [6.45, 7) is 0. The van der Waals surface area contributed by atoms with Crippen LogP contribution in [0, 0.1) is 0 Å². The third-order valence-corrected chi connectivity index (χ3v) is 12.6. The number of aromatic nitrogens is 2. The summed E-state index contributed by atoms with van der Waals surface area (Å²) in [5.74, 6) is 0. The average Bonchev–Trinajstić information content (AvgIpc) is 3.88. The first-order valence-electron chi connectivity index (χ1n) is 18.4. The van der Waals surface area contributed by atoms with Crippen molar-refractivity contribution in [2.45, 2.75) is 0 Å². The van der Waals surface area contributed by atoms with E-state index >= 15 is 0 Å². The third kappa shape index (κ3) is 5.73. The second-order valence-electron chi connectivity index (χ2n) is 13.9. The number of fused-ring (bicyclic) bond motifs is 6. The van der Waals surface area contributed by atoms with Gasteiger partial charge in [0, 0.05) is 28.2 Å². The second kappa shape index (κ2) is 13.0. The molecule has 0 bridgehead atoms. The van der Waals surface area contributed by atoms with Gasteiger partial charge in [0.15, 0.2) is 0 Å². The van der Waals surface area contributed by atoms with E-state index in [0.29, 0.717) is 0 Å². The Bertz CT molecular complexity index is 3100. The highest BCUT2D eigenvalue weighted by Gasteiger charge is 2.18. The molecule has 0 atom stereocenters. The van der Waals surface area contributed by atoms with Gasteiger partial charge >= 0.3 is 0 Å². The highest BCUT2D eigenvalue weighted by molar-refractivity contribution is 7.22. The maximum Gasteiger partial charge on any atom is 0.124 e. The van der Waals surface area contributed by atoms with Gasteiger partial charge in [0.1, 0.15) is 10.0 Å². The number of hydrogen-bond donors (Lipinski definition) is 0. The zero-order valence-corrected chi connectivity index (χ0v) is 31.2. The Labute approximate surface area is 326 Å². The molecule has 0 aliphatic carbocycles. The molecule has 0 N–H and O–H groups in total. The van der Waals surface area contributed by atoms with Crippen LogP contribution in [-0.4, -0.2) is 9.97 Å². The smallest absolute Gasteiger partial charge is 0.124 e. The first kappa shape index (κ1) is 31.8. The molecule has 0 aliphatic heterocycles. The van der Waals surface area contributed by atoms with Crippen molar-refractivity contribution in [3.8, 4) is 32.3 Å². The van der Waals surface area contributed by atoms with Crippen molar-refractivity contribution in [2.24, 2.45) is 0 Å². The van der Waals surface area contributed by atoms with Crippen molar-refractivity contribution >= 4 is 92.5 Å². The molecule has 0 aliphatic rings. The molecule has 55 heavy (non-hydrogen) atoms. The Hall–Kier alpha value is -6.66. The van der Waals surface area contributed by atoms with E-state index in [9.17, 15) is 0 Å². The molecule has 2 heterocycles. The summed E-state index contributed by atoms with van der Waals surface area (Å²) >= 11 is 3.47. The van der Waals surface area contributed by atoms with Gasteiger partial charge in [-0.1, -0.05) is 127 Å². The first-order chi connectivity index (χ1) is 27.2. The molecule has 0 amide bonds. The van der Waals surface area contributed by atoms with Gasteiger partial charge in [0.05, 0.1) is 20.4 Å². The molecule has 5 heteroatoms. The number of thiazole rings is 2. The van der Waals surface area contributed by atoms with Gasteiger partial charge in [-0.3, -0.25) is 0 Å². The van der Waals surface area contributed by atoms with E-state index < -0.39 is 0 Å². The molecule has 0 radical (unpaired) electrons. The Morgan fingerprint density at radius 3 is 1.40 bits per heavy atom. The van der Waals surface area contributed by atoms with Crippen molar-refractivity contribution in [3.63, 3.8) is 0 Å². The molecule has 258 valence electrons. The van der Waals surface area contributed by atoms with Crippen molar-refractivity contribution in [1.82, 2.24) is 9.97 Å². The monoisotopic (exact) mass is 737 g/mol. The van der Waals surface area contributed by atoms with Crippen LogP contribution in [0.15, 0.2) is 188 Å². The number of rotatable bonds is 6. The minimum absolute atomic E-state index is 1.01. The molecule has 11 aromatic rings. The van der Waals surface area contributed by atoms with Gasteiger partial charge in [0.2, 0.25) is 0 Å². The lowest BCUT2D eigenvalue weighted by Crippen LogP contribution is -2.09. The third-order valence-electron chi connectivity index (χ3n) is 10.5. The molecule has 0 unspecified atom stereocenters. The van der Waals surface area contributed by atoms with Crippen LogP contribution in [0.1, 0.15) is 0 Å². The maximum atomic E-state index is 5.00. The lowest BCUT2D eigenvalue weighted by Gasteiger charge is -2.26. The molecule has 0 saturated carbocycles. The van der Waals surface area contributed by atoms with Gasteiger partial charge in [0.25, 0.3) is 0 Å². The van der Waals surface area contributed by atoms with Crippen molar-refractivity contribution in [2.75, 3.05) is 4.90 Å². The molecule has 0 spiro atoms. The molecular formula is C50H31N3S2. The minimum atomic E-state index is 1.01. The van der Waals surface area contributed by atoms with Crippen LogP contribution in [0.4, 0.5) is 17.1 Å². The fourth-order valence-corrected chi connectivity index (χ4v) is 9.71. The number of hydrogen-bond acceptors (Lipinski definition) is 5. The normalized spacial score (nSPS) is 11.6. The second-order valence-corrected chi connectivity index (χ2v) is 15.9. The van der Waals surface area contributed by atoms with Crippen LogP contribution in [-0.2, 0) is 0 Å². The molecular weight excluding hydrogens is 707 g/mol. The van der Waals surface area contributed by atoms with E-state index in [4.69, 9.17) is 9.97 Å². The highest BCUT2D eigenvalue weighted by Crippen LogP contribution is 2.42. The lowest BCUT2D eigenvalue weighted by molar-refractivity contribution is 1.30. The minimum Gasteiger partial charge on any atom is -0.310 e. The summed E-state index contributed by atoms with van der Waals surface area (Å²) in [4.78, 5) is 12.4. The molecule has 11 rings (SSSR count). The largest absolute Gasteiger partial charge is 0.310 e. The number of anilines is 3. The maximum absolute atomic E-state index is 5.00. The van der Waals surface area contributed by atoms with E-state index in [-0.39, 0.29) is 0 Å². The van der Waals surface area contributed by atoms with Crippen LogP contribution in [0.5, 0.6) is 0 Å². The van der Waals surface area contributed by atoms with E-state index in [1.54, 1.807) is 22.7 Å². The standard InChI is InChI=1S/C50H31N3S2/c1-3-10-33(11-4-1)49-51-45-25-21-41(30-47(45)54-49)53(42-22-26-46-48(31-42)55-50(52-46)34-12-5-2-6-13-34)40-20-24-44-39(29-40)18-17-38-28-37(19-23-43(38)44)36-16-15-32-9-7-8-14-35(32)27-36/h1-31H. The van der Waals surface area contributed by atoms with Crippen LogP contribution < -0.4 is 4.90 Å². The number of benzene rings is 9. The van der Waals surface area contributed by atoms with Crippen molar-refractivity contribution in [1.29, 1.82) is 0 Å². The Morgan fingerprint density at radius 1 is 0.327 bits per heavy atom. The Kier molecular flexibility index (Phi) is 7.54. The molecule has 3 nitrogen and oxygen atoms in total. The molecule has 0 saturated heterocycles. The quantitative estimate of drug-likeness (QED) is 0.159. The first-order valence-corrected chi connectivity index (χ1v) is 20.0. The Morgan fingerprint density at radius 2 is 0.782 bits per heavy atom. The van der Waals surface area contributed by atoms with Gasteiger partial charge < -0.3 is 4.90 Å². The van der Waals surface area contributed by atoms with E-state index in [1.807, 2.05) is 12.1 Å². The Balaban J connectivity index is 1.03. The summed E-state index contributed by atoms with van der Waals surface area (Å²) in [7, 11) is 0. The summed E-state index contributed by atoms with van der Waals surface area (Å²) in [6, 6.07) is 67.7. The van der Waals surface area contributed by atoms with Crippen LogP contribution in [0.2, 0.25) is 0 Å². The van der Waals surface area contributed by atoms with Gasteiger partial charge in [-0.2, -0.15) is 0 Å². The fraction of sp³-hybridized carbons (Fsp3) is 0. The number of nitrogens with zero attached hydrogens (tertiary/aromatic N) is 3. The van der Waals surface area contributed by atoms with E-state index in [0.717, 1.165) is 58.6 Å². The van der Waals surface area contributed by atoms with Crippen molar-refractivity contribution < 1.29 is 0 Å². The van der Waals surface area contributed by atoms with Crippen LogP contribution in [0.25, 0.3) is 85.0 Å². The summed E-state index contributed by atoms with van der Waals surface area (Å²) < 4.78 is 2.31. The van der Waals surface area contributed by atoms with Gasteiger partial charge in [-0.15, -0.1) is 22.7 Å². The summed E-state index contributed by atoms with van der Waals surface area (Å²) in [5, 5.41) is 9.49. The van der Waals surface area contributed by atoms with Crippen LogP contribution in [0.3, 0.4) is 0 Å². The summed E-state index contributed by atoms with van der Waals surface area (Å²) in [6.07, 6.45) is 0. The van der Waals surface area contributed by atoms with E-state index in [1.165, 1.54) is 43.4 Å². The molecule has 2 aromatic heterocycles. The van der Waals surface area contributed by atoms with Crippen LogP contribution >= 0.6 is 22.7 Å². The van der Waals surface area contributed by atoms with Gasteiger partial charge in [-0.05, 0) is 104 Å². The summed E-state index contributed by atoms with van der Waals surface area (Å²) in [5.41, 5.74) is 10.0. The predicted molar refractivity (Wildman–Crippen MR) is 236 cm³/mol.